The van der Waals surface area contributed by atoms with Crippen molar-refractivity contribution in [3.8, 4) is 0 Å². The van der Waals surface area contributed by atoms with Gasteiger partial charge in [-0.2, -0.15) is 0 Å². The topological polar surface area (TPSA) is 94.6 Å². The van der Waals surface area contributed by atoms with E-state index in [1.165, 1.54) is 0 Å². The molecule has 4 N–H and O–H groups in total. The van der Waals surface area contributed by atoms with E-state index >= 15 is 0 Å². The van der Waals surface area contributed by atoms with E-state index in [1.807, 2.05) is 45.9 Å². The van der Waals surface area contributed by atoms with Gasteiger partial charge in [-0.05, 0) is 46.2 Å². The number of carbonyl (C=O) groups is 2. The van der Waals surface area contributed by atoms with Gasteiger partial charge in [-0.1, -0.05) is 18.2 Å². The van der Waals surface area contributed by atoms with Gasteiger partial charge < -0.3 is 21.3 Å². The van der Waals surface area contributed by atoms with Crippen LogP contribution >= 0.6 is 24.0 Å². The largest absolute Gasteiger partial charge is 0.357 e. The highest BCUT2D eigenvalue weighted by molar-refractivity contribution is 14.0. The summed E-state index contributed by atoms with van der Waals surface area (Å²) in [5.74, 6) is 0.390. The molecule has 0 aliphatic rings. The quantitative estimate of drug-likeness (QED) is 0.194. The number of benzene rings is 1. The van der Waals surface area contributed by atoms with Crippen molar-refractivity contribution < 1.29 is 9.59 Å². The van der Waals surface area contributed by atoms with Crippen LogP contribution in [0.5, 0.6) is 0 Å². The molecule has 1 rings (SSSR count). The second-order valence-corrected chi connectivity index (χ2v) is 6.90. The number of nitrogens with one attached hydrogen (secondary N) is 4. The molecule has 0 bridgehead atoms. The van der Waals surface area contributed by atoms with Crippen molar-refractivity contribution in [2.75, 3.05) is 26.2 Å². The number of nitrogens with zero attached hydrogens (tertiary/aromatic N) is 1. The van der Waals surface area contributed by atoms with Gasteiger partial charge in [0.25, 0.3) is 5.91 Å². The number of aliphatic imine (C=N–C) groups is 1. The van der Waals surface area contributed by atoms with Crippen LogP contribution in [0.25, 0.3) is 0 Å². The molecule has 0 unspecified atom stereocenters. The Morgan fingerprint density at radius 1 is 1.00 bits per heavy atom. The SMILES string of the molecule is CCNC(=NCC(=O)NC(C)(C)C)NCCCNC(=O)c1ccccc1.I. The zero-order valence-electron chi connectivity index (χ0n) is 16.6. The molecule has 0 aliphatic carbocycles. The lowest BCUT2D eigenvalue weighted by molar-refractivity contribution is -0.121. The smallest absolute Gasteiger partial charge is 0.251 e. The molecule has 0 aliphatic heterocycles. The third-order valence-corrected chi connectivity index (χ3v) is 3.21. The van der Waals surface area contributed by atoms with Crippen LogP contribution in [-0.4, -0.2) is 49.5 Å². The van der Waals surface area contributed by atoms with E-state index in [0.29, 0.717) is 31.2 Å². The molecule has 0 radical (unpaired) electrons. The van der Waals surface area contributed by atoms with E-state index in [-0.39, 0.29) is 47.9 Å². The molecule has 0 saturated carbocycles. The summed E-state index contributed by atoms with van der Waals surface area (Å²) in [4.78, 5) is 28.0. The summed E-state index contributed by atoms with van der Waals surface area (Å²) in [5.41, 5.74) is 0.384. The molecule has 27 heavy (non-hydrogen) atoms. The van der Waals surface area contributed by atoms with E-state index in [4.69, 9.17) is 0 Å². The van der Waals surface area contributed by atoms with Crippen LogP contribution in [-0.2, 0) is 4.79 Å². The molecule has 1 aromatic rings. The van der Waals surface area contributed by atoms with Crippen LogP contribution in [0.2, 0.25) is 0 Å². The first-order chi connectivity index (χ1) is 12.3. The van der Waals surface area contributed by atoms with Crippen molar-refractivity contribution in [1.82, 2.24) is 21.3 Å². The fraction of sp³-hybridized carbons (Fsp3) is 0.526. The molecular formula is C19H32IN5O2. The number of hydrogen-bond donors (Lipinski definition) is 4. The number of rotatable bonds is 8. The molecule has 0 saturated heterocycles. The summed E-state index contributed by atoms with van der Waals surface area (Å²) in [5, 5.41) is 12.0. The predicted octanol–water partition coefficient (Wildman–Crippen LogP) is 1.89. The Bertz CT molecular complexity index is 600. The number of halogens is 1. The predicted molar refractivity (Wildman–Crippen MR) is 121 cm³/mol. The first-order valence-electron chi connectivity index (χ1n) is 8.98. The Hall–Kier alpha value is -1.84. The van der Waals surface area contributed by atoms with Crippen LogP contribution < -0.4 is 21.3 Å². The third-order valence-electron chi connectivity index (χ3n) is 3.21. The van der Waals surface area contributed by atoms with E-state index < -0.39 is 0 Å². The normalized spacial score (nSPS) is 11.2. The molecule has 0 aromatic heterocycles. The highest BCUT2D eigenvalue weighted by Gasteiger charge is 2.13. The molecule has 0 spiro atoms. The Balaban J connectivity index is 0.00000676. The van der Waals surface area contributed by atoms with E-state index in [2.05, 4.69) is 26.3 Å². The maximum absolute atomic E-state index is 11.9. The Kier molecular flexibility index (Phi) is 12.4. The molecule has 152 valence electrons. The third kappa shape index (κ3) is 12.2. The summed E-state index contributed by atoms with van der Waals surface area (Å²) in [6.45, 7) is 9.74. The van der Waals surface area contributed by atoms with Gasteiger partial charge in [-0.15, -0.1) is 24.0 Å². The van der Waals surface area contributed by atoms with Crippen LogP contribution in [0.1, 0.15) is 44.5 Å². The lowest BCUT2D eigenvalue weighted by Crippen LogP contribution is -2.43. The van der Waals surface area contributed by atoms with Crippen molar-refractivity contribution in [2.45, 2.75) is 39.7 Å². The zero-order valence-corrected chi connectivity index (χ0v) is 18.9. The number of hydrogen-bond acceptors (Lipinski definition) is 3. The fourth-order valence-corrected chi connectivity index (χ4v) is 2.14. The van der Waals surface area contributed by atoms with Crippen LogP contribution in [0.3, 0.4) is 0 Å². The number of amides is 2. The Morgan fingerprint density at radius 3 is 2.22 bits per heavy atom. The van der Waals surface area contributed by atoms with Crippen molar-refractivity contribution in [3.05, 3.63) is 35.9 Å². The van der Waals surface area contributed by atoms with Crippen molar-refractivity contribution >= 4 is 41.8 Å². The number of carbonyl (C=O) groups excluding carboxylic acids is 2. The average Bonchev–Trinajstić information content (AvgIpc) is 2.58. The average molecular weight is 489 g/mol. The van der Waals surface area contributed by atoms with Crippen LogP contribution in [0.15, 0.2) is 35.3 Å². The fourth-order valence-electron chi connectivity index (χ4n) is 2.14. The highest BCUT2D eigenvalue weighted by atomic mass is 127. The minimum absolute atomic E-state index is 0. The van der Waals surface area contributed by atoms with Crippen molar-refractivity contribution in [1.29, 1.82) is 0 Å². The second-order valence-electron chi connectivity index (χ2n) is 6.90. The molecule has 0 atom stereocenters. The van der Waals surface area contributed by atoms with Crippen LogP contribution in [0.4, 0.5) is 0 Å². The van der Waals surface area contributed by atoms with Gasteiger partial charge in [0.1, 0.15) is 6.54 Å². The van der Waals surface area contributed by atoms with Gasteiger partial charge in [0.05, 0.1) is 0 Å². The monoisotopic (exact) mass is 489 g/mol. The molecule has 0 heterocycles. The lowest BCUT2D eigenvalue weighted by Gasteiger charge is -2.20. The molecule has 8 heteroatoms. The van der Waals surface area contributed by atoms with Gasteiger partial charge in [0.2, 0.25) is 5.91 Å². The van der Waals surface area contributed by atoms with E-state index in [9.17, 15) is 9.59 Å². The molecule has 2 amide bonds. The minimum atomic E-state index is -0.269. The lowest BCUT2D eigenvalue weighted by atomic mass is 10.1. The first-order valence-corrected chi connectivity index (χ1v) is 8.98. The summed E-state index contributed by atoms with van der Waals surface area (Å²) in [6, 6.07) is 9.12. The number of guanidine groups is 1. The van der Waals surface area contributed by atoms with E-state index in [0.717, 1.165) is 6.42 Å². The standard InChI is InChI=1S/C19H31N5O2.HI/c1-5-20-18(23-14-16(25)24-19(2,3)4)22-13-9-12-21-17(26)15-10-7-6-8-11-15;/h6-8,10-11H,5,9,12-14H2,1-4H3,(H,21,26)(H,24,25)(H2,20,22,23);1H. The van der Waals surface area contributed by atoms with Gasteiger partial charge in [0, 0.05) is 30.7 Å². The minimum Gasteiger partial charge on any atom is -0.357 e. The molecule has 0 fully saturated rings. The first kappa shape index (κ1) is 25.2. The summed E-state index contributed by atoms with van der Waals surface area (Å²) in [7, 11) is 0. The molecule has 7 nitrogen and oxygen atoms in total. The Morgan fingerprint density at radius 2 is 1.63 bits per heavy atom. The van der Waals surface area contributed by atoms with Gasteiger partial charge >= 0.3 is 0 Å². The Labute approximate surface area is 179 Å². The summed E-state index contributed by atoms with van der Waals surface area (Å²) >= 11 is 0. The summed E-state index contributed by atoms with van der Waals surface area (Å²) < 4.78 is 0. The van der Waals surface area contributed by atoms with Crippen molar-refractivity contribution in [2.24, 2.45) is 4.99 Å². The summed E-state index contributed by atoms with van der Waals surface area (Å²) in [6.07, 6.45) is 0.747. The van der Waals surface area contributed by atoms with E-state index in [1.54, 1.807) is 12.1 Å². The molecule has 1 aromatic carbocycles. The maximum Gasteiger partial charge on any atom is 0.251 e. The second kappa shape index (κ2) is 13.3. The van der Waals surface area contributed by atoms with Gasteiger partial charge in [-0.25, -0.2) is 4.99 Å². The van der Waals surface area contributed by atoms with Gasteiger partial charge in [-0.3, -0.25) is 9.59 Å². The highest BCUT2D eigenvalue weighted by Crippen LogP contribution is 1.98. The molecular weight excluding hydrogens is 457 g/mol. The zero-order chi connectivity index (χ0) is 19.4. The van der Waals surface area contributed by atoms with Crippen molar-refractivity contribution in [3.63, 3.8) is 0 Å². The van der Waals surface area contributed by atoms with Crippen LogP contribution in [0, 0.1) is 0 Å². The van der Waals surface area contributed by atoms with Gasteiger partial charge in [0.15, 0.2) is 5.96 Å². The maximum atomic E-state index is 11.9.